The fourth-order valence-corrected chi connectivity index (χ4v) is 1.15. The molecule has 0 atom stereocenters. The average Bonchev–Trinajstić information content (AvgIpc) is 2.52. The van der Waals surface area contributed by atoms with E-state index in [-0.39, 0.29) is 5.28 Å². The van der Waals surface area contributed by atoms with E-state index < -0.39 is 0 Å². The molecule has 6 nitrogen and oxygen atoms in total. The number of aromatic amines is 1. The minimum Gasteiger partial charge on any atom is -0.278 e. The molecular weight excluding hydrogens is 194 g/mol. The van der Waals surface area contributed by atoms with Crippen molar-refractivity contribution < 1.29 is 4.84 Å². The standard InChI is InChI=1S/C6H6ClN5O/c1-13-12-5-3-2-8-11-4(3)9-6(7)10-5/h2H,1H3,(H2,8,9,10,11,12). The van der Waals surface area contributed by atoms with Crippen LogP contribution in [0, 0.1) is 0 Å². The summed E-state index contributed by atoms with van der Waals surface area (Å²) in [6, 6.07) is 0. The molecule has 0 saturated heterocycles. The van der Waals surface area contributed by atoms with Gasteiger partial charge in [-0.05, 0) is 11.6 Å². The topological polar surface area (TPSA) is 75.7 Å². The van der Waals surface area contributed by atoms with Crippen molar-refractivity contribution in [2.24, 2.45) is 0 Å². The first kappa shape index (κ1) is 8.21. The first-order valence-electron chi connectivity index (χ1n) is 3.47. The van der Waals surface area contributed by atoms with Crippen LogP contribution in [-0.4, -0.2) is 27.3 Å². The number of H-pyrrole nitrogens is 1. The summed E-state index contributed by atoms with van der Waals surface area (Å²) >= 11 is 5.65. The average molecular weight is 200 g/mol. The smallest absolute Gasteiger partial charge is 0.226 e. The maximum absolute atomic E-state index is 5.65. The van der Waals surface area contributed by atoms with Gasteiger partial charge in [0.15, 0.2) is 11.5 Å². The summed E-state index contributed by atoms with van der Waals surface area (Å²) in [5.41, 5.74) is 3.15. The van der Waals surface area contributed by atoms with Crippen molar-refractivity contribution in [2.45, 2.75) is 0 Å². The Hall–Kier alpha value is -1.40. The van der Waals surface area contributed by atoms with Crippen LogP contribution in [0.5, 0.6) is 0 Å². The molecular formula is C6H6ClN5O. The van der Waals surface area contributed by atoms with Crippen LogP contribution in [0.2, 0.25) is 5.28 Å². The van der Waals surface area contributed by atoms with Gasteiger partial charge < -0.3 is 0 Å². The molecule has 0 aliphatic carbocycles. The van der Waals surface area contributed by atoms with Crippen molar-refractivity contribution in [3.05, 3.63) is 11.5 Å². The van der Waals surface area contributed by atoms with Crippen molar-refractivity contribution in [3.8, 4) is 0 Å². The van der Waals surface area contributed by atoms with Gasteiger partial charge in [-0.25, -0.2) is 5.48 Å². The summed E-state index contributed by atoms with van der Waals surface area (Å²) in [6.07, 6.45) is 1.59. The monoisotopic (exact) mass is 199 g/mol. The van der Waals surface area contributed by atoms with E-state index in [1.54, 1.807) is 6.20 Å². The number of hydrogen-bond acceptors (Lipinski definition) is 5. The summed E-state index contributed by atoms with van der Waals surface area (Å²) in [5, 5.41) is 7.35. The third-order valence-corrected chi connectivity index (χ3v) is 1.65. The Morgan fingerprint density at radius 1 is 1.54 bits per heavy atom. The molecule has 2 aromatic rings. The molecule has 0 spiro atoms. The Kier molecular flexibility index (Phi) is 1.99. The lowest BCUT2D eigenvalue weighted by Crippen LogP contribution is -1.99. The third-order valence-electron chi connectivity index (χ3n) is 1.48. The van der Waals surface area contributed by atoms with Gasteiger partial charge in [-0.1, -0.05) is 0 Å². The molecule has 13 heavy (non-hydrogen) atoms. The Balaban J connectivity index is 2.63. The van der Waals surface area contributed by atoms with Crippen molar-refractivity contribution in [1.29, 1.82) is 0 Å². The normalized spacial score (nSPS) is 10.6. The van der Waals surface area contributed by atoms with Crippen LogP contribution in [-0.2, 0) is 4.84 Å². The highest BCUT2D eigenvalue weighted by Gasteiger charge is 2.07. The van der Waals surface area contributed by atoms with Crippen molar-refractivity contribution in [1.82, 2.24) is 20.2 Å². The molecule has 0 bridgehead atoms. The van der Waals surface area contributed by atoms with Gasteiger partial charge in [-0.2, -0.15) is 15.1 Å². The van der Waals surface area contributed by atoms with Crippen LogP contribution in [0.15, 0.2) is 6.20 Å². The lowest BCUT2D eigenvalue weighted by Gasteiger charge is -2.02. The van der Waals surface area contributed by atoms with Gasteiger partial charge in [0.1, 0.15) is 0 Å². The van der Waals surface area contributed by atoms with Crippen molar-refractivity contribution >= 4 is 28.5 Å². The predicted octanol–water partition coefficient (Wildman–Crippen LogP) is 0.980. The van der Waals surface area contributed by atoms with Gasteiger partial charge in [0.05, 0.1) is 18.7 Å². The number of nitrogens with zero attached hydrogens (tertiary/aromatic N) is 3. The lowest BCUT2D eigenvalue weighted by molar-refractivity contribution is 0.269. The second-order valence-corrected chi connectivity index (χ2v) is 2.62. The molecule has 2 heterocycles. The molecule has 2 aromatic heterocycles. The molecule has 0 radical (unpaired) electrons. The highest BCUT2D eigenvalue weighted by atomic mass is 35.5. The van der Waals surface area contributed by atoms with E-state index in [0.29, 0.717) is 11.5 Å². The fourth-order valence-electron chi connectivity index (χ4n) is 0.982. The summed E-state index contributed by atoms with van der Waals surface area (Å²) in [6.45, 7) is 0. The molecule has 7 heteroatoms. The Bertz CT molecular complexity index is 428. The van der Waals surface area contributed by atoms with Crippen LogP contribution >= 0.6 is 11.6 Å². The molecule has 0 fully saturated rings. The summed E-state index contributed by atoms with van der Waals surface area (Å²) in [7, 11) is 1.49. The van der Waals surface area contributed by atoms with Gasteiger partial charge in [-0.15, -0.1) is 0 Å². The Morgan fingerprint density at radius 3 is 3.15 bits per heavy atom. The summed E-state index contributed by atoms with van der Waals surface area (Å²) < 4.78 is 0. The van der Waals surface area contributed by atoms with Gasteiger partial charge in [0.25, 0.3) is 0 Å². The van der Waals surface area contributed by atoms with E-state index in [1.807, 2.05) is 0 Å². The fraction of sp³-hybridized carbons (Fsp3) is 0.167. The number of halogens is 1. The molecule has 2 rings (SSSR count). The first-order chi connectivity index (χ1) is 6.31. The molecule has 0 amide bonds. The number of nitrogens with one attached hydrogen (secondary N) is 2. The molecule has 0 aliphatic heterocycles. The maximum Gasteiger partial charge on any atom is 0.226 e. The highest BCUT2D eigenvalue weighted by molar-refractivity contribution is 6.28. The van der Waals surface area contributed by atoms with Gasteiger partial charge in [-0.3, -0.25) is 9.94 Å². The van der Waals surface area contributed by atoms with Crippen LogP contribution < -0.4 is 5.48 Å². The van der Waals surface area contributed by atoms with Gasteiger partial charge >= 0.3 is 0 Å². The molecule has 0 saturated carbocycles. The number of rotatable bonds is 2. The van der Waals surface area contributed by atoms with Crippen LogP contribution in [0.25, 0.3) is 11.0 Å². The zero-order valence-corrected chi connectivity index (χ0v) is 7.46. The van der Waals surface area contributed by atoms with Crippen LogP contribution in [0.3, 0.4) is 0 Å². The van der Waals surface area contributed by atoms with Gasteiger partial charge in [0, 0.05) is 0 Å². The molecule has 68 valence electrons. The molecule has 2 N–H and O–H groups in total. The van der Waals surface area contributed by atoms with E-state index in [2.05, 4.69) is 25.6 Å². The van der Waals surface area contributed by atoms with E-state index in [0.717, 1.165) is 5.39 Å². The Morgan fingerprint density at radius 2 is 2.38 bits per heavy atom. The van der Waals surface area contributed by atoms with Crippen molar-refractivity contribution in [2.75, 3.05) is 12.6 Å². The Labute approximate surface area is 78.2 Å². The van der Waals surface area contributed by atoms with Gasteiger partial charge in [0.2, 0.25) is 5.28 Å². The number of anilines is 1. The predicted molar refractivity (Wildman–Crippen MR) is 47.3 cm³/mol. The summed E-state index contributed by atoms with van der Waals surface area (Å²) in [4.78, 5) is 12.6. The number of aromatic nitrogens is 4. The van der Waals surface area contributed by atoms with E-state index in [9.17, 15) is 0 Å². The molecule has 0 aliphatic rings. The van der Waals surface area contributed by atoms with Crippen molar-refractivity contribution in [3.63, 3.8) is 0 Å². The SMILES string of the molecule is CONc1nc(Cl)nc2[nH]ncc12. The molecule has 0 unspecified atom stereocenters. The minimum absolute atomic E-state index is 0.135. The number of hydrogen-bond donors (Lipinski definition) is 2. The largest absolute Gasteiger partial charge is 0.278 e. The zero-order valence-electron chi connectivity index (χ0n) is 6.71. The number of fused-ring (bicyclic) bond motifs is 1. The van der Waals surface area contributed by atoms with Crippen LogP contribution in [0.1, 0.15) is 0 Å². The quantitative estimate of drug-likeness (QED) is 0.557. The second kappa shape index (κ2) is 3.15. The second-order valence-electron chi connectivity index (χ2n) is 2.28. The van der Waals surface area contributed by atoms with Crippen LogP contribution in [0.4, 0.5) is 5.82 Å². The summed E-state index contributed by atoms with van der Waals surface area (Å²) in [5.74, 6) is 0.492. The van der Waals surface area contributed by atoms with E-state index in [1.165, 1.54) is 7.11 Å². The van der Waals surface area contributed by atoms with E-state index in [4.69, 9.17) is 16.4 Å². The minimum atomic E-state index is 0.135. The maximum atomic E-state index is 5.65. The molecule has 0 aromatic carbocycles. The highest BCUT2D eigenvalue weighted by Crippen LogP contribution is 2.19. The third kappa shape index (κ3) is 1.41. The van der Waals surface area contributed by atoms with E-state index >= 15 is 0 Å². The lowest BCUT2D eigenvalue weighted by atomic mass is 10.4. The zero-order chi connectivity index (χ0) is 9.26. The first-order valence-corrected chi connectivity index (χ1v) is 3.84.